The maximum atomic E-state index is 14.5. The molecule has 2 fully saturated rings. The predicted molar refractivity (Wildman–Crippen MR) is 156 cm³/mol. The van der Waals surface area contributed by atoms with E-state index in [0.717, 1.165) is 55.3 Å². The standard InChI is InChI=1S/C31H36FN7O3/c1-4-14-42-30(41)25-16-35-28-23(6-11-34-28)26(25)21-15-36-39(17-21)31(5-2)18-38(19-31)22-8-12-37(13-9-22)29(40)24-7-10-33-20(3)27(24)32/h6-7,10-11,15-17,22H,4-5,8-9,12-14,18-19H2,1-3H3,(H,34,35). The number of fused-ring (bicyclic) bond motifs is 1. The van der Waals surface area contributed by atoms with Crippen LogP contribution in [0.5, 0.6) is 0 Å². The fourth-order valence-corrected chi connectivity index (χ4v) is 6.27. The highest BCUT2D eigenvalue weighted by Crippen LogP contribution is 2.38. The topological polar surface area (TPSA) is 109 Å². The Labute approximate surface area is 243 Å². The first-order valence-electron chi connectivity index (χ1n) is 14.7. The Morgan fingerprint density at radius 3 is 2.64 bits per heavy atom. The van der Waals surface area contributed by atoms with Crippen LogP contribution >= 0.6 is 0 Å². The molecule has 4 aromatic rings. The Hall–Kier alpha value is -4.12. The molecule has 42 heavy (non-hydrogen) atoms. The van der Waals surface area contributed by atoms with Gasteiger partial charge in [0, 0.05) is 73.5 Å². The molecule has 6 heterocycles. The highest BCUT2D eigenvalue weighted by atomic mass is 19.1. The minimum atomic E-state index is -0.535. The Kier molecular flexibility index (Phi) is 7.53. The van der Waals surface area contributed by atoms with Crippen LogP contribution in [0.2, 0.25) is 0 Å². The highest BCUT2D eigenvalue weighted by molar-refractivity contribution is 6.06. The van der Waals surface area contributed by atoms with Crippen LogP contribution < -0.4 is 0 Å². The molecule has 11 heteroatoms. The number of likely N-dealkylation sites (tertiary alicyclic amines) is 2. The van der Waals surface area contributed by atoms with E-state index in [-0.39, 0.29) is 28.7 Å². The summed E-state index contributed by atoms with van der Waals surface area (Å²) in [5.41, 5.74) is 2.93. The van der Waals surface area contributed by atoms with Gasteiger partial charge in [0.15, 0.2) is 5.82 Å². The Bertz CT molecular complexity index is 1620. The molecule has 0 saturated carbocycles. The molecule has 1 amide bonds. The van der Waals surface area contributed by atoms with Gasteiger partial charge in [-0.25, -0.2) is 14.2 Å². The third-order valence-corrected chi connectivity index (χ3v) is 8.82. The van der Waals surface area contributed by atoms with E-state index in [2.05, 4.69) is 26.8 Å². The molecule has 4 aromatic heterocycles. The number of pyridine rings is 2. The van der Waals surface area contributed by atoms with Gasteiger partial charge in [0.25, 0.3) is 5.91 Å². The SMILES string of the molecule is CCCOC(=O)c1cnc2[nH]ccc2c1-c1cnn(C2(CC)CN(C3CCN(C(=O)c4ccnc(C)c4F)CC3)C2)c1. The summed E-state index contributed by atoms with van der Waals surface area (Å²) in [5.74, 6) is -1.19. The van der Waals surface area contributed by atoms with Crippen LogP contribution in [0.4, 0.5) is 4.39 Å². The molecule has 0 unspecified atom stereocenters. The van der Waals surface area contributed by atoms with Gasteiger partial charge in [-0.1, -0.05) is 13.8 Å². The minimum absolute atomic E-state index is 0.0947. The number of halogens is 1. The lowest BCUT2D eigenvalue weighted by Gasteiger charge is -2.54. The van der Waals surface area contributed by atoms with Crippen LogP contribution in [0.15, 0.2) is 43.1 Å². The molecule has 220 valence electrons. The van der Waals surface area contributed by atoms with Crippen molar-refractivity contribution < 1.29 is 18.7 Å². The van der Waals surface area contributed by atoms with Gasteiger partial charge < -0.3 is 14.6 Å². The second-order valence-electron chi connectivity index (χ2n) is 11.4. The third kappa shape index (κ3) is 4.85. The zero-order valence-electron chi connectivity index (χ0n) is 24.3. The summed E-state index contributed by atoms with van der Waals surface area (Å²) >= 11 is 0. The number of nitrogens with zero attached hydrogens (tertiary/aromatic N) is 6. The second kappa shape index (κ2) is 11.3. The summed E-state index contributed by atoms with van der Waals surface area (Å²) < 4.78 is 22.0. The number of ether oxygens (including phenoxy) is 1. The predicted octanol–water partition coefficient (Wildman–Crippen LogP) is 4.56. The lowest BCUT2D eigenvalue weighted by Crippen LogP contribution is -2.66. The van der Waals surface area contributed by atoms with Crippen LogP contribution in [0.1, 0.15) is 65.9 Å². The number of aromatic amines is 1. The molecule has 0 atom stereocenters. The maximum absolute atomic E-state index is 14.5. The number of aromatic nitrogens is 5. The van der Waals surface area contributed by atoms with Gasteiger partial charge in [-0.05, 0) is 44.7 Å². The zero-order valence-corrected chi connectivity index (χ0v) is 24.3. The van der Waals surface area contributed by atoms with E-state index in [0.29, 0.717) is 36.9 Å². The summed E-state index contributed by atoms with van der Waals surface area (Å²) in [4.78, 5) is 41.6. The van der Waals surface area contributed by atoms with Crippen LogP contribution in [-0.2, 0) is 10.3 Å². The summed E-state index contributed by atoms with van der Waals surface area (Å²) in [7, 11) is 0. The van der Waals surface area contributed by atoms with Crippen molar-refractivity contribution in [2.75, 3.05) is 32.8 Å². The van der Waals surface area contributed by atoms with Gasteiger partial charge in [0.05, 0.1) is 35.2 Å². The molecule has 0 bridgehead atoms. The molecule has 2 aliphatic rings. The van der Waals surface area contributed by atoms with Crippen LogP contribution in [-0.4, -0.2) is 85.2 Å². The molecule has 6 rings (SSSR count). The van der Waals surface area contributed by atoms with Crippen molar-refractivity contribution in [3.8, 4) is 11.1 Å². The number of hydrogen-bond acceptors (Lipinski definition) is 7. The van der Waals surface area contributed by atoms with Crippen molar-refractivity contribution in [2.24, 2.45) is 0 Å². The monoisotopic (exact) mass is 573 g/mol. The van der Waals surface area contributed by atoms with E-state index in [1.165, 1.54) is 12.3 Å². The molecule has 2 saturated heterocycles. The fraction of sp³-hybridized carbons (Fsp3) is 0.452. The first-order valence-corrected chi connectivity index (χ1v) is 14.7. The number of nitrogens with one attached hydrogen (secondary N) is 1. The van der Waals surface area contributed by atoms with Crippen LogP contribution in [0.3, 0.4) is 0 Å². The number of rotatable bonds is 8. The van der Waals surface area contributed by atoms with Crippen molar-refractivity contribution >= 4 is 22.9 Å². The van der Waals surface area contributed by atoms with E-state index in [1.54, 1.807) is 18.0 Å². The zero-order chi connectivity index (χ0) is 29.4. The number of H-pyrrole nitrogens is 1. The van der Waals surface area contributed by atoms with Gasteiger partial charge in [-0.2, -0.15) is 5.10 Å². The molecule has 10 nitrogen and oxygen atoms in total. The molecular weight excluding hydrogens is 537 g/mol. The Balaban J connectivity index is 1.15. The number of carbonyl (C=O) groups is 2. The summed E-state index contributed by atoms with van der Waals surface area (Å²) in [6.07, 6.45) is 12.1. The van der Waals surface area contributed by atoms with Gasteiger partial charge in [0.1, 0.15) is 5.65 Å². The molecule has 0 aromatic carbocycles. The van der Waals surface area contributed by atoms with E-state index in [4.69, 9.17) is 9.84 Å². The smallest absolute Gasteiger partial charge is 0.340 e. The van der Waals surface area contributed by atoms with Crippen molar-refractivity contribution in [3.63, 3.8) is 0 Å². The fourth-order valence-electron chi connectivity index (χ4n) is 6.27. The average molecular weight is 574 g/mol. The third-order valence-electron chi connectivity index (χ3n) is 8.82. The van der Waals surface area contributed by atoms with Crippen molar-refractivity contribution in [2.45, 2.75) is 58.0 Å². The lowest BCUT2D eigenvalue weighted by molar-refractivity contribution is -0.0458. The van der Waals surface area contributed by atoms with E-state index < -0.39 is 5.82 Å². The number of aryl methyl sites for hydroxylation is 1. The van der Waals surface area contributed by atoms with Gasteiger partial charge in [-0.3, -0.25) is 19.4 Å². The highest BCUT2D eigenvalue weighted by Gasteiger charge is 2.47. The van der Waals surface area contributed by atoms with E-state index in [9.17, 15) is 14.0 Å². The van der Waals surface area contributed by atoms with E-state index in [1.807, 2.05) is 36.3 Å². The summed E-state index contributed by atoms with van der Waals surface area (Å²) in [5, 5.41) is 5.64. The Morgan fingerprint density at radius 2 is 1.90 bits per heavy atom. The second-order valence-corrected chi connectivity index (χ2v) is 11.4. The maximum Gasteiger partial charge on any atom is 0.340 e. The number of piperidine rings is 1. The van der Waals surface area contributed by atoms with Gasteiger partial charge >= 0.3 is 5.97 Å². The van der Waals surface area contributed by atoms with E-state index >= 15 is 0 Å². The largest absolute Gasteiger partial charge is 0.462 e. The minimum Gasteiger partial charge on any atom is -0.462 e. The number of carbonyl (C=O) groups excluding carboxylic acids is 2. The average Bonchev–Trinajstić information content (AvgIpc) is 3.67. The molecule has 0 spiro atoms. The van der Waals surface area contributed by atoms with Crippen molar-refractivity contribution in [1.29, 1.82) is 0 Å². The quantitative estimate of drug-likeness (QED) is 0.308. The molecule has 0 aliphatic carbocycles. The number of amides is 1. The lowest BCUT2D eigenvalue weighted by atomic mass is 9.84. The normalized spacial score (nSPS) is 17.4. The van der Waals surface area contributed by atoms with Crippen LogP contribution in [0, 0.1) is 12.7 Å². The van der Waals surface area contributed by atoms with Crippen LogP contribution in [0.25, 0.3) is 22.2 Å². The van der Waals surface area contributed by atoms with Crippen molar-refractivity contribution in [1.82, 2.24) is 34.5 Å². The molecule has 1 N–H and O–H groups in total. The first kappa shape index (κ1) is 28.0. The molecular formula is C31H36FN7O3. The van der Waals surface area contributed by atoms with Gasteiger partial charge in [-0.15, -0.1) is 0 Å². The molecule has 0 radical (unpaired) electrons. The number of esters is 1. The van der Waals surface area contributed by atoms with Gasteiger partial charge in [0.2, 0.25) is 0 Å². The Morgan fingerprint density at radius 1 is 1.12 bits per heavy atom. The summed E-state index contributed by atoms with van der Waals surface area (Å²) in [6.45, 7) is 8.95. The summed E-state index contributed by atoms with van der Waals surface area (Å²) in [6, 6.07) is 3.74. The first-order chi connectivity index (χ1) is 20.3. The number of hydrogen-bond donors (Lipinski definition) is 1. The molecule has 2 aliphatic heterocycles. The van der Waals surface area contributed by atoms with Crippen molar-refractivity contribution in [3.05, 3.63) is 65.8 Å².